The molecule has 0 aliphatic heterocycles. The van der Waals surface area contributed by atoms with Crippen molar-refractivity contribution in [3.63, 3.8) is 0 Å². The lowest BCUT2D eigenvalue weighted by atomic mass is 9.85. The summed E-state index contributed by atoms with van der Waals surface area (Å²) >= 11 is 0. The molecule has 0 bridgehead atoms. The highest BCUT2D eigenvalue weighted by Crippen LogP contribution is 2.33. The van der Waals surface area contributed by atoms with Crippen molar-refractivity contribution in [1.82, 2.24) is 0 Å². The van der Waals surface area contributed by atoms with E-state index in [1.807, 2.05) is 6.08 Å². The van der Waals surface area contributed by atoms with Crippen molar-refractivity contribution in [3.05, 3.63) is 34.1 Å². The Balaban J connectivity index is 3.28. The molecular formula is C15H21F3O5S. The zero-order valence-electron chi connectivity index (χ0n) is 13.6. The van der Waals surface area contributed by atoms with E-state index in [4.69, 9.17) is 0 Å². The monoisotopic (exact) mass is 370 g/mol. The molecule has 0 aromatic carbocycles. The summed E-state index contributed by atoms with van der Waals surface area (Å²) in [7, 11) is -5.80. The van der Waals surface area contributed by atoms with E-state index in [1.165, 1.54) is 13.8 Å². The molecule has 2 N–H and O–H groups in total. The quantitative estimate of drug-likeness (QED) is 0.427. The predicted molar refractivity (Wildman–Crippen MR) is 82.2 cm³/mol. The van der Waals surface area contributed by atoms with Gasteiger partial charge in [0.1, 0.15) is 11.9 Å². The Morgan fingerprint density at radius 1 is 1.42 bits per heavy atom. The maximum absolute atomic E-state index is 12.5. The Bertz CT molecular complexity index is 672. The second kappa shape index (κ2) is 7.71. The molecule has 1 aliphatic carbocycles. The van der Waals surface area contributed by atoms with Gasteiger partial charge in [-0.05, 0) is 49.0 Å². The molecule has 0 aromatic heterocycles. The Morgan fingerprint density at radius 2 is 2.00 bits per heavy atom. The zero-order chi connectivity index (χ0) is 18.7. The van der Waals surface area contributed by atoms with Crippen molar-refractivity contribution < 1.29 is 36.0 Å². The molecule has 0 spiro atoms. The fourth-order valence-electron chi connectivity index (χ4n) is 2.51. The van der Waals surface area contributed by atoms with Crippen molar-refractivity contribution in [2.45, 2.75) is 51.6 Å². The van der Waals surface area contributed by atoms with Crippen LogP contribution in [0.25, 0.3) is 0 Å². The van der Waals surface area contributed by atoms with Crippen LogP contribution in [-0.4, -0.2) is 36.9 Å². The van der Waals surface area contributed by atoms with E-state index in [9.17, 15) is 31.8 Å². The van der Waals surface area contributed by atoms with Crippen molar-refractivity contribution in [3.8, 4) is 0 Å². The molecule has 1 atom stereocenters. The summed E-state index contributed by atoms with van der Waals surface area (Å²) in [5.41, 5.74) is -3.95. The molecule has 0 saturated heterocycles. The predicted octanol–water partition coefficient (Wildman–Crippen LogP) is 2.93. The normalized spacial score (nSPS) is 18.9. The molecule has 0 saturated carbocycles. The maximum Gasteiger partial charge on any atom is 0.534 e. The van der Waals surface area contributed by atoms with Crippen LogP contribution in [0.5, 0.6) is 0 Å². The summed E-state index contributed by atoms with van der Waals surface area (Å²) in [4.78, 5) is 0. The second-order valence-electron chi connectivity index (χ2n) is 5.45. The Kier molecular flexibility index (Phi) is 6.66. The van der Waals surface area contributed by atoms with E-state index in [1.54, 1.807) is 6.92 Å². The third kappa shape index (κ3) is 4.40. The first kappa shape index (κ1) is 20.7. The standard InChI is InChI=1S/C15H21F3O5S/c1-4-12(23-24(21,22)15(16,17)18)10(3)14(20)13-9(2)6-5-7-11(13)8-19/h6,14,19-20H,4-5,7-8H2,1-3H3. The van der Waals surface area contributed by atoms with Crippen LogP contribution in [-0.2, 0) is 14.3 Å². The first-order chi connectivity index (χ1) is 11.0. The van der Waals surface area contributed by atoms with Crippen molar-refractivity contribution in [2.75, 3.05) is 6.61 Å². The number of hydrogen-bond acceptors (Lipinski definition) is 5. The molecule has 9 heteroatoms. The number of alkyl halides is 3. The van der Waals surface area contributed by atoms with Crippen LogP contribution >= 0.6 is 0 Å². The molecule has 1 aliphatic rings. The first-order valence-electron chi connectivity index (χ1n) is 7.34. The van der Waals surface area contributed by atoms with Crippen LogP contribution in [0.15, 0.2) is 34.1 Å². The van der Waals surface area contributed by atoms with E-state index >= 15 is 0 Å². The minimum atomic E-state index is -5.80. The summed E-state index contributed by atoms with van der Waals surface area (Å²) in [5.74, 6) is -0.469. The summed E-state index contributed by atoms with van der Waals surface area (Å²) in [6, 6.07) is 0. The van der Waals surface area contributed by atoms with Crippen LogP contribution in [0, 0.1) is 0 Å². The molecule has 24 heavy (non-hydrogen) atoms. The smallest absolute Gasteiger partial charge is 0.392 e. The molecule has 0 heterocycles. The average molecular weight is 370 g/mol. The zero-order valence-corrected chi connectivity index (χ0v) is 14.5. The lowest BCUT2D eigenvalue weighted by Gasteiger charge is -2.25. The van der Waals surface area contributed by atoms with Crippen LogP contribution in [0.3, 0.4) is 0 Å². The molecule has 5 nitrogen and oxygen atoms in total. The molecule has 1 rings (SSSR count). The van der Waals surface area contributed by atoms with Gasteiger partial charge < -0.3 is 14.4 Å². The fraction of sp³-hybridized carbons (Fsp3) is 0.600. The molecule has 0 amide bonds. The highest BCUT2D eigenvalue weighted by molar-refractivity contribution is 7.87. The minimum Gasteiger partial charge on any atom is -0.392 e. The van der Waals surface area contributed by atoms with E-state index in [0.717, 1.165) is 0 Å². The Hall–Kier alpha value is -1.32. The van der Waals surface area contributed by atoms with Gasteiger partial charge in [-0.25, -0.2) is 0 Å². The number of aliphatic hydroxyl groups excluding tert-OH is 2. The van der Waals surface area contributed by atoms with Crippen LogP contribution < -0.4 is 0 Å². The van der Waals surface area contributed by atoms with Gasteiger partial charge in [-0.3, -0.25) is 0 Å². The van der Waals surface area contributed by atoms with Gasteiger partial charge in [-0.1, -0.05) is 13.0 Å². The Morgan fingerprint density at radius 3 is 2.46 bits per heavy atom. The molecular weight excluding hydrogens is 349 g/mol. The van der Waals surface area contributed by atoms with Gasteiger partial charge in [0.05, 0.1) is 6.61 Å². The van der Waals surface area contributed by atoms with Crippen LogP contribution in [0.1, 0.15) is 40.0 Å². The number of rotatable bonds is 6. The maximum atomic E-state index is 12.5. The summed E-state index contributed by atoms with van der Waals surface area (Å²) in [6.07, 6.45) is 1.52. The van der Waals surface area contributed by atoms with E-state index in [-0.39, 0.29) is 18.6 Å². The minimum absolute atomic E-state index is 0.0408. The van der Waals surface area contributed by atoms with E-state index in [2.05, 4.69) is 4.18 Å². The molecule has 1 unspecified atom stereocenters. The molecule has 0 fully saturated rings. The lowest BCUT2D eigenvalue weighted by molar-refractivity contribution is -0.0524. The van der Waals surface area contributed by atoms with E-state index in [0.29, 0.717) is 29.6 Å². The Labute approximate surface area is 139 Å². The highest BCUT2D eigenvalue weighted by Gasteiger charge is 2.49. The summed E-state index contributed by atoms with van der Waals surface area (Å²) < 4.78 is 64.0. The van der Waals surface area contributed by atoms with Crippen molar-refractivity contribution in [2.24, 2.45) is 0 Å². The van der Waals surface area contributed by atoms with E-state index < -0.39 is 27.5 Å². The van der Waals surface area contributed by atoms with Crippen molar-refractivity contribution >= 4 is 10.1 Å². The molecule has 138 valence electrons. The number of allylic oxidation sites excluding steroid dienone is 2. The first-order valence-corrected chi connectivity index (χ1v) is 8.75. The third-order valence-electron chi connectivity index (χ3n) is 3.83. The third-order valence-corrected chi connectivity index (χ3v) is 4.82. The lowest BCUT2D eigenvalue weighted by Crippen LogP contribution is -2.27. The molecule has 0 radical (unpaired) electrons. The molecule has 0 aromatic rings. The second-order valence-corrected chi connectivity index (χ2v) is 6.98. The van der Waals surface area contributed by atoms with Gasteiger partial charge in [0, 0.05) is 6.42 Å². The van der Waals surface area contributed by atoms with Gasteiger partial charge in [0.15, 0.2) is 0 Å². The average Bonchev–Trinajstić information content (AvgIpc) is 2.49. The van der Waals surface area contributed by atoms with Gasteiger partial charge in [-0.15, -0.1) is 0 Å². The number of aliphatic hydroxyl groups is 2. The number of hydrogen-bond donors (Lipinski definition) is 2. The van der Waals surface area contributed by atoms with Crippen LogP contribution in [0.4, 0.5) is 13.2 Å². The van der Waals surface area contributed by atoms with Gasteiger partial charge in [-0.2, -0.15) is 21.6 Å². The van der Waals surface area contributed by atoms with Gasteiger partial charge in [0.25, 0.3) is 0 Å². The largest absolute Gasteiger partial charge is 0.534 e. The van der Waals surface area contributed by atoms with Crippen molar-refractivity contribution in [1.29, 1.82) is 0 Å². The van der Waals surface area contributed by atoms with Gasteiger partial charge >= 0.3 is 15.6 Å². The number of halogens is 3. The SMILES string of the molecule is CCC(OS(=O)(=O)C(F)(F)F)=C(C)C(O)C1=C(CO)CCC=C1C. The highest BCUT2D eigenvalue weighted by atomic mass is 32.2. The van der Waals surface area contributed by atoms with Crippen LogP contribution in [0.2, 0.25) is 0 Å². The summed E-state index contributed by atoms with van der Waals surface area (Å²) in [6.45, 7) is 4.13. The fourth-order valence-corrected chi connectivity index (χ4v) is 3.12. The van der Waals surface area contributed by atoms with Gasteiger partial charge in [0.2, 0.25) is 0 Å². The summed E-state index contributed by atoms with van der Waals surface area (Å²) in [5, 5.41) is 19.9. The topological polar surface area (TPSA) is 83.8 Å².